The van der Waals surface area contributed by atoms with E-state index in [4.69, 9.17) is 0 Å². The van der Waals surface area contributed by atoms with Crippen LogP contribution in [0.3, 0.4) is 0 Å². The highest BCUT2D eigenvalue weighted by molar-refractivity contribution is 7.07. The van der Waals surface area contributed by atoms with Crippen molar-refractivity contribution in [3.63, 3.8) is 0 Å². The molecule has 0 aliphatic carbocycles. The maximum Gasteiger partial charge on any atom is 0.0795 e. The van der Waals surface area contributed by atoms with Crippen molar-refractivity contribution in [2.75, 3.05) is 26.7 Å². The van der Waals surface area contributed by atoms with Crippen LogP contribution in [0.25, 0.3) is 0 Å². The summed E-state index contributed by atoms with van der Waals surface area (Å²) in [5, 5.41) is 5.40. The van der Waals surface area contributed by atoms with Crippen molar-refractivity contribution >= 4 is 11.3 Å². The summed E-state index contributed by atoms with van der Waals surface area (Å²) in [5.74, 6) is 0. The average Bonchev–Trinajstić information content (AvgIpc) is 2.57. The van der Waals surface area contributed by atoms with Gasteiger partial charge in [0, 0.05) is 25.0 Å². The average molecular weight is 199 g/mol. The first-order chi connectivity index (χ1) is 6.33. The van der Waals surface area contributed by atoms with Gasteiger partial charge in [0.15, 0.2) is 0 Å². The molecule has 13 heavy (non-hydrogen) atoms. The molecule has 4 heteroatoms. The van der Waals surface area contributed by atoms with Crippen LogP contribution in [0.1, 0.15) is 12.6 Å². The van der Waals surface area contributed by atoms with Crippen LogP contribution in [-0.4, -0.2) is 36.6 Å². The molecule has 0 saturated heterocycles. The van der Waals surface area contributed by atoms with Crippen LogP contribution in [0, 0.1) is 0 Å². The minimum atomic E-state index is 0.953. The topological polar surface area (TPSA) is 28.2 Å². The van der Waals surface area contributed by atoms with Crippen molar-refractivity contribution in [2.45, 2.75) is 13.5 Å². The van der Waals surface area contributed by atoms with E-state index in [0.29, 0.717) is 0 Å². The Balaban J connectivity index is 2.14. The molecule has 0 aromatic carbocycles. The molecule has 0 amide bonds. The minimum Gasteiger partial charge on any atom is -0.316 e. The number of likely N-dealkylation sites (N-methyl/N-ethyl adjacent to an activating group) is 2. The van der Waals surface area contributed by atoms with Crippen molar-refractivity contribution in [3.8, 4) is 0 Å². The molecule has 0 aliphatic rings. The molecule has 1 heterocycles. The summed E-state index contributed by atoms with van der Waals surface area (Å²) < 4.78 is 0. The van der Waals surface area contributed by atoms with E-state index in [1.54, 1.807) is 11.3 Å². The van der Waals surface area contributed by atoms with E-state index >= 15 is 0 Å². The summed E-state index contributed by atoms with van der Waals surface area (Å²) in [7, 11) is 2.12. The smallest absolute Gasteiger partial charge is 0.0795 e. The van der Waals surface area contributed by atoms with E-state index in [1.165, 1.54) is 5.69 Å². The van der Waals surface area contributed by atoms with E-state index in [-0.39, 0.29) is 0 Å². The zero-order valence-electron chi connectivity index (χ0n) is 8.29. The van der Waals surface area contributed by atoms with E-state index in [1.807, 2.05) is 5.51 Å². The highest BCUT2D eigenvalue weighted by Crippen LogP contribution is 2.03. The molecule has 1 rings (SSSR count). The molecule has 3 nitrogen and oxygen atoms in total. The van der Waals surface area contributed by atoms with Gasteiger partial charge >= 0.3 is 0 Å². The molecule has 0 unspecified atom stereocenters. The Bertz CT molecular complexity index is 211. The minimum absolute atomic E-state index is 0.953. The van der Waals surface area contributed by atoms with E-state index in [2.05, 4.69) is 34.6 Å². The zero-order chi connectivity index (χ0) is 9.52. The van der Waals surface area contributed by atoms with E-state index in [9.17, 15) is 0 Å². The molecule has 0 fully saturated rings. The fourth-order valence-corrected chi connectivity index (χ4v) is 1.67. The summed E-state index contributed by atoms with van der Waals surface area (Å²) in [4.78, 5) is 6.52. The first-order valence-electron chi connectivity index (χ1n) is 4.59. The summed E-state index contributed by atoms with van der Waals surface area (Å²) in [5.41, 5.74) is 3.05. The molecule has 1 aromatic heterocycles. The SMILES string of the molecule is CCNCCN(C)Cc1cscn1. The Morgan fingerprint density at radius 2 is 2.46 bits per heavy atom. The lowest BCUT2D eigenvalue weighted by molar-refractivity contribution is 0.322. The predicted molar refractivity (Wildman–Crippen MR) is 57.0 cm³/mol. The van der Waals surface area contributed by atoms with Gasteiger partial charge in [-0.25, -0.2) is 4.98 Å². The van der Waals surface area contributed by atoms with E-state index in [0.717, 1.165) is 26.2 Å². The van der Waals surface area contributed by atoms with Gasteiger partial charge in [0.1, 0.15) is 0 Å². The largest absolute Gasteiger partial charge is 0.316 e. The first-order valence-corrected chi connectivity index (χ1v) is 5.53. The van der Waals surface area contributed by atoms with E-state index < -0.39 is 0 Å². The number of rotatable bonds is 6. The van der Waals surface area contributed by atoms with Crippen LogP contribution < -0.4 is 5.32 Å². The Labute approximate surface area is 83.8 Å². The van der Waals surface area contributed by atoms with Crippen LogP contribution in [-0.2, 0) is 6.54 Å². The first kappa shape index (κ1) is 10.6. The van der Waals surface area contributed by atoms with Crippen molar-refractivity contribution < 1.29 is 0 Å². The highest BCUT2D eigenvalue weighted by atomic mass is 32.1. The van der Waals surface area contributed by atoms with Crippen LogP contribution in [0.15, 0.2) is 10.9 Å². The summed E-state index contributed by atoms with van der Waals surface area (Å²) in [6.45, 7) is 6.25. The number of nitrogens with zero attached hydrogens (tertiary/aromatic N) is 2. The van der Waals surface area contributed by atoms with Crippen LogP contribution in [0.4, 0.5) is 0 Å². The van der Waals surface area contributed by atoms with Gasteiger partial charge in [-0.05, 0) is 13.6 Å². The molecule has 0 radical (unpaired) electrons. The number of thiazole rings is 1. The van der Waals surface area contributed by atoms with Crippen LogP contribution in [0.5, 0.6) is 0 Å². The van der Waals surface area contributed by atoms with Crippen molar-refractivity contribution in [3.05, 3.63) is 16.6 Å². The maximum atomic E-state index is 4.24. The van der Waals surface area contributed by atoms with Gasteiger partial charge in [0.05, 0.1) is 11.2 Å². The molecule has 0 spiro atoms. The number of hydrogen-bond acceptors (Lipinski definition) is 4. The summed E-state index contributed by atoms with van der Waals surface area (Å²) in [6.07, 6.45) is 0. The van der Waals surface area contributed by atoms with Gasteiger partial charge in [0.25, 0.3) is 0 Å². The predicted octanol–water partition coefficient (Wildman–Crippen LogP) is 1.18. The van der Waals surface area contributed by atoms with Crippen LogP contribution >= 0.6 is 11.3 Å². The number of aromatic nitrogens is 1. The Hall–Kier alpha value is -0.450. The van der Waals surface area contributed by atoms with Gasteiger partial charge < -0.3 is 5.32 Å². The maximum absolute atomic E-state index is 4.24. The fraction of sp³-hybridized carbons (Fsp3) is 0.667. The number of nitrogens with one attached hydrogen (secondary N) is 1. The molecule has 0 atom stereocenters. The molecule has 0 bridgehead atoms. The third-order valence-corrected chi connectivity index (χ3v) is 2.47. The Kier molecular flexibility index (Phi) is 4.97. The number of hydrogen-bond donors (Lipinski definition) is 1. The molecule has 74 valence electrons. The molecule has 0 saturated carbocycles. The second kappa shape index (κ2) is 6.07. The van der Waals surface area contributed by atoms with Crippen molar-refractivity contribution in [2.24, 2.45) is 0 Å². The Morgan fingerprint density at radius 1 is 1.62 bits per heavy atom. The second-order valence-corrected chi connectivity index (χ2v) is 3.79. The molecule has 1 N–H and O–H groups in total. The molecule has 0 aliphatic heterocycles. The normalized spacial score (nSPS) is 11.0. The van der Waals surface area contributed by atoms with Gasteiger partial charge in [-0.3, -0.25) is 4.90 Å². The van der Waals surface area contributed by atoms with Gasteiger partial charge in [-0.15, -0.1) is 11.3 Å². The summed E-state index contributed by atoms with van der Waals surface area (Å²) >= 11 is 1.66. The lowest BCUT2D eigenvalue weighted by atomic mass is 10.4. The van der Waals surface area contributed by atoms with Gasteiger partial charge in [-0.2, -0.15) is 0 Å². The van der Waals surface area contributed by atoms with Crippen LogP contribution in [0.2, 0.25) is 0 Å². The van der Waals surface area contributed by atoms with Gasteiger partial charge in [0.2, 0.25) is 0 Å². The van der Waals surface area contributed by atoms with Crippen molar-refractivity contribution in [1.82, 2.24) is 15.2 Å². The fourth-order valence-electron chi connectivity index (χ4n) is 1.12. The second-order valence-electron chi connectivity index (χ2n) is 3.07. The third-order valence-electron chi connectivity index (χ3n) is 1.84. The highest BCUT2D eigenvalue weighted by Gasteiger charge is 2.00. The standard InChI is InChI=1S/C9H17N3S/c1-3-10-4-5-12(2)6-9-7-13-8-11-9/h7-8,10H,3-6H2,1-2H3. The third kappa shape index (κ3) is 4.36. The molecule has 1 aromatic rings. The van der Waals surface area contributed by atoms with Crippen molar-refractivity contribution in [1.29, 1.82) is 0 Å². The van der Waals surface area contributed by atoms with Gasteiger partial charge in [-0.1, -0.05) is 6.92 Å². The lowest BCUT2D eigenvalue weighted by Gasteiger charge is -2.14. The Morgan fingerprint density at radius 3 is 3.08 bits per heavy atom. The molecular formula is C9H17N3S. The summed E-state index contributed by atoms with van der Waals surface area (Å²) in [6, 6.07) is 0. The quantitative estimate of drug-likeness (QED) is 0.697. The zero-order valence-corrected chi connectivity index (χ0v) is 9.10. The molecular weight excluding hydrogens is 182 g/mol. The lowest BCUT2D eigenvalue weighted by Crippen LogP contribution is -2.28. The monoisotopic (exact) mass is 199 g/mol.